The molecule has 1 aliphatic heterocycles. The highest BCUT2D eigenvalue weighted by Crippen LogP contribution is 2.22. The van der Waals surface area contributed by atoms with Crippen LogP contribution in [0.4, 0.5) is 0 Å². The van der Waals surface area contributed by atoms with E-state index < -0.39 is 9.84 Å². The number of carbonyl (C=O) groups excluding carboxylic acids is 1. The van der Waals surface area contributed by atoms with Crippen molar-refractivity contribution in [1.29, 1.82) is 0 Å². The van der Waals surface area contributed by atoms with Gasteiger partial charge in [0.25, 0.3) is 0 Å². The maximum atomic E-state index is 11.9. The third-order valence-corrected chi connectivity index (χ3v) is 4.95. The summed E-state index contributed by atoms with van der Waals surface area (Å²) < 4.78 is 22.6. The summed E-state index contributed by atoms with van der Waals surface area (Å²) in [5.41, 5.74) is 0. The zero-order valence-corrected chi connectivity index (χ0v) is 11.1. The van der Waals surface area contributed by atoms with Gasteiger partial charge in [-0.1, -0.05) is 0 Å². The Bertz CT molecular complexity index is 352. The van der Waals surface area contributed by atoms with E-state index in [1.54, 1.807) is 4.90 Å². The topological polar surface area (TPSA) is 74.7 Å². The van der Waals surface area contributed by atoms with Crippen molar-refractivity contribution >= 4 is 15.7 Å². The minimum absolute atomic E-state index is 0.00282. The Morgan fingerprint density at radius 3 is 2.65 bits per heavy atom. The fourth-order valence-electron chi connectivity index (χ4n) is 2.13. The second-order valence-corrected chi connectivity index (χ2v) is 6.75. The summed E-state index contributed by atoms with van der Waals surface area (Å²) in [5, 5.41) is 8.73. The van der Waals surface area contributed by atoms with Crippen LogP contribution in [0.3, 0.4) is 0 Å². The lowest BCUT2D eigenvalue weighted by molar-refractivity contribution is -0.132. The summed E-state index contributed by atoms with van der Waals surface area (Å²) in [6.45, 7) is 3.12. The fraction of sp³-hybridized carbons (Fsp3) is 0.909. The van der Waals surface area contributed by atoms with Crippen LogP contribution in [-0.4, -0.2) is 55.5 Å². The minimum Gasteiger partial charge on any atom is -0.396 e. The molecule has 6 heteroatoms. The molecule has 0 aliphatic carbocycles. The molecular formula is C11H21NO4S. The molecule has 1 amide bonds. The number of carbonyl (C=O) groups is 1. The fourth-order valence-corrected chi connectivity index (χ4v) is 3.99. The van der Waals surface area contributed by atoms with Crippen molar-refractivity contribution in [2.75, 3.05) is 31.2 Å². The van der Waals surface area contributed by atoms with Crippen LogP contribution in [0.15, 0.2) is 0 Å². The molecule has 0 aromatic carbocycles. The van der Waals surface area contributed by atoms with Crippen LogP contribution < -0.4 is 0 Å². The molecule has 0 radical (unpaired) electrons. The van der Waals surface area contributed by atoms with E-state index in [2.05, 4.69) is 0 Å². The third kappa shape index (κ3) is 4.63. The molecule has 17 heavy (non-hydrogen) atoms. The molecule has 5 nitrogen and oxygen atoms in total. The summed E-state index contributed by atoms with van der Waals surface area (Å²) in [5.74, 6) is 0.350. The lowest BCUT2D eigenvalue weighted by Crippen LogP contribution is -2.33. The van der Waals surface area contributed by atoms with Crippen LogP contribution in [0.1, 0.15) is 26.2 Å². The minimum atomic E-state index is -2.90. The van der Waals surface area contributed by atoms with Crippen molar-refractivity contribution in [2.45, 2.75) is 26.2 Å². The first kappa shape index (κ1) is 14.4. The van der Waals surface area contributed by atoms with Gasteiger partial charge in [0.05, 0.1) is 11.5 Å². The predicted octanol–water partition coefficient (Wildman–Crippen LogP) is 0.0421. The average molecular weight is 263 g/mol. The van der Waals surface area contributed by atoms with E-state index in [4.69, 9.17) is 5.11 Å². The van der Waals surface area contributed by atoms with E-state index >= 15 is 0 Å². The Hall–Kier alpha value is -0.620. The Balaban J connectivity index is 2.42. The van der Waals surface area contributed by atoms with Crippen molar-refractivity contribution in [1.82, 2.24) is 4.90 Å². The number of aliphatic hydroxyl groups excluding tert-OH is 1. The van der Waals surface area contributed by atoms with E-state index in [9.17, 15) is 13.2 Å². The molecule has 1 N–H and O–H groups in total. The monoisotopic (exact) mass is 263 g/mol. The van der Waals surface area contributed by atoms with Gasteiger partial charge in [-0.05, 0) is 25.7 Å². The van der Waals surface area contributed by atoms with Gasteiger partial charge in [0.2, 0.25) is 5.91 Å². The van der Waals surface area contributed by atoms with Gasteiger partial charge in [0, 0.05) is 26.1 Å². The lowest BCUT2D eigenvalue weighted by Gasteiger charge is -2.21. The Kier molecular flexibility index (Phi) is 5.39. The quantitative estimate of drug-likeness (QED) is 0.734. The SMILES string of the molecule is CCN(CCCO)C(=O)CC1CCS(=O)(=O)C1. The van der Waals surface area contributed by atoms with Gasteiger partial charge < -0.3 is 10.0 Å². The smallest absolute Gasteiger partial charge is 0.222 e. The van der Waals surface area contributed by atoms with Gasteiger partial charge in [-0.3, -0.25) is 4.79 Å². The number of nitrogens with zero attached hydrogens (tertiary/aromatic N) is 1. The maximum Gasteiger partial charge on any atom is 0.222 e. The molecule has 1 fully saturated rings. The standard InChI is InChI=1S/C11H21NO4S/c1-2-12(5-3-6-13)11(14)8-10-4-7-17(15,16)9-10/h10,13H,2-9H2,1H3. The molecule has 1 saturated heterocycles. The van der Waals surface area contributed by atoms with Gasteiger partial charge in [-0.25, -0.2) is 8.42 Å². The predicted molar refractivity (Wildman–Crippen MR) is 65.3 cm³/mol. The summed E-state index contributed by atoms with van der Waals surface area (Å²) in [6, 6.07) is 0. The largest absolute Gasteiger partial charge is 0.396 e. The number of amides is 1. The molecule has 0 saturated carbocycles. The van der Waals surface area contributed by atoms with E-state index in [1.165, 1.54) is 0 Å². The van der Waals surface area contributed by atoms with Crippen molar-refractivity contribution in [3.05, 3.63) is 0 Å². The van der Waals surface area contributed by atoms with Crippen LogP contribution in [0.2, 0.25) is 0 Å². The van der Waals surface area contributed by atoms with Crippen molar-refractivity contribution < 1.29 is 18.3 Å². The molecule has 0 aromatic rings. The average Bonchev–Trinajstić information content (AvgIpc) is 2.59. The van der Waals surface area contributed by atoms with Crippen molar-refractivity contribution in [2.24, 2.45) is 5.92 Å². The van der Waals surface area contributed by atoms with Gasteiger partial charge in [-0.2, -0.15) is 0 Å². The number of aliphatic hydroxyl groups is 1. The molecule has 0 bridgehead atoms. The summed E-state index contributed by atoms with van der Waals surface area (Å²) in [7, 11) is -2.90. The first-order valence-corrected chi connectivity index (χ1v) is 7.89. The molecule has 1 rings (SSSR count). The summed E-state index contributed by atoms with van der Waals surface area (Å²) >= 11 is 0. The Morgan fingerprint density at radius 2 is 2.18 bits per heavy atom. The zero-order valence-electron chi connectivity index (χ0n) is 10.3. The second kappa shape index (κ2) is 6.35. The second-order valence-electron chi connectivity index (χ2n) is 4.52. The van der Waals surface area contributed by atoms with E-state index in [0.717, 1.165) is 0 Å². The number of hydrogen-bond acceptors (Lipinski definition) is 4. The van der Waals surface area contributed by atoms with E-state index in [0.29, 0.717) is 32.4 Å². The normalized spacial score (nSPS) is 22.6. The number of sulfone groups is 1. The molecule has 0 aromatic heterocycles. The molecule has 0 spiro atoms. The molecular weight excluding hydrogens is 242 g/mol. The van der Waals surface area contributed by atoms with Crippen molar-refractivity contribution in [3.63, 3.8) is 0 Å². The summed E-state index contributed by atoms with van der Waals surface area (Å²) in [6.07, 6.45) is 1.49. The van der Waals surface area contributed by atoms with Crippen LogP contribution in [0.25, 0.3) is 0 Å². The number of rotatable bonds is 6. The molecule has 1 aliphatic rings. The highest BCUT2D eigenvalue weighted by molar-refractivity contribution is 7.91. The van der Waals surface area contributed by atoms with E-state index in [1.807, 2.05) is 6.92 Å². The molecule has 1 heterocycles. The van der Waals surface area contributed by atoms with Crippen LogP contribution in [0.5, 0.6) is 0 Å². The van der Waals surface area contributed by atoms with Crippen LogP contribution in [-0.2, 0) is 14.6 Å². The van der Waals surface area contributed by atoms with E-state index in [-0.39, 0.29) is 29.9 Å². The van der Waals surface area contributed by atoms with Crippen LogP contribution >= 0.6 is 0 Å². The first-order valence-electron chi connectivity index (χ1n) is 6.07. The zero-order chi connectivity index (χ0) is 12.9. The van der Waals surface area contributed by atoms with Gasteiger partial charge >= 0.3 is 0 Å². The van der Waals surface area contributed by atoms with Gasteiger partial charge in [-0.15, -0.1) is 0 Å². The molecule has 100 valence electrons. The lowest BCUT2D eigenvalue weighted by atomic mass is 10.0. The maximum absolute atomic E-state index is 11.9. The molecule has 1 unspecified atom stereocenters. The van der Waals surface area contributed by atoms with Gasteiger partial charge in [0.15, 0.2) is 9.84 Å². The van der Waals surface area contributed by atoms with Gasteiger partial charge in [0.1, 0.15) is 0 Å². The molecule has 1 atom stereocenters. The number of hydrogen-bond donors (Lipinski definition) is 1. The Morgan fingerprint density at radius 1 is 1.47 bits per heavy atom. The highest BCUT2D eigenvalue weighted by Gasteiger charge is 2.30. The first-order chi connectivity index (χ1) is 7.98. The Labute approximate surface area is 103 Å². The van der Waals surface area contributed by atoms with Crippen LogP contribution in [0, 0.1) is 5.92 Å². The third-order valence-electron chi connectivity index (χ3n) is 3.11. The van der Waals surface area contributed by atoms with Crippen molar-refractivity contribution in [3.8, 4) is 0 Å². The highest BCUT2D eigenvalue weighted by atomic mass is 32.2. The summed E-state index contributed by atoms with van der Waals surface area (Å²) in [4.78, 5) is 13.6.